The summed E-state index contributed by atoms with van der Waals surface area (Å²) in [5.74, 6) is -0.242. The van der Waals surface area contributed by atoms with Crippen molar-refractivity contribution in [1.29, 1.82) is 0 Å². The van der Waals surface area contributed by atoms with Crippen molar-refractivity contribution in [3.05, 3.63) is 70.0 Å². The molecule has 0 aromatic heterocycles. The first-order valence-electron chi connectivity index (χ1n) is 10.4. The predicted molar refractivity (Wildman–Crippen MR) is 115 cm³/mol. The highest BCUT2D eigenvalue weighted by Gasteiger charge is 2.23. The fourth-order valence-corrected chi connectivity index (χ4v) is 4.23. The van der Waals surface area contributed by atoms with Gasteiger partial charge in [0.1, 0.15) is 5.82 Å². The lowest BCUT2D eigenvalue weighted by Crippen LogP contribution is -2.48. The van der Waals surface area contributed by atoms with Crippen LogP contribution in [0, 0.1) is 5.82 Å². The summed E-state index contributed by atoms with van der Waals surface area (Å²) in [4.78, 5) is 19.5. The van der Waals surface area contributed by atoms with Gasteiger partial charge in [-0.05, 0) is 35.4 Å². The fourth-order valence-electron chi connectivity index (χ4n) is 4.00. The SMILES string of the molecule is O=C(c1cccc(CN2CCOCC2)c1)N1CCN(Cc2ccc(F)cc2Cl)CC1. The van der Waals surface area contributed by atoms with E-state index >= 15 is 0 Å². The molecule has 2 aromatic rings. The second-order valence-corrected chi connectivity index (χ2v) is 8.30. The molecule has 0 saturated carbocycles. The highest BCUT2D eigenvalue weighted by Crippen LogP contribution is 2.20. The second-order valence-electron chi connectivity index (χ2n) is 7.89. The molecule has 0 N–H and O–H groups in total. The van der Waals surface area contributed by atoms with E-state index in [0.717, 1.165) is 62.6 Å². The third-order valence-electron chi connectivity index (χ3n) is 5.75. The van der Waals surface area contributed by atoms with Crippen molar-refractivity contribution in [2.45, 2.75) is 13.1 Å². The minimum absolute atomic E-state index is 0.0818. The Kier molecular flexibility index (Phi) is 7.00. The van der Waals surface area contributed by atoms with Gasteiger partial charge in [0.05, 0.1) is 13.2 Å². The van der Waals surface area contributed by atoms with E-state index in [4.69, 9.17) is 16.3 Å². The van der Waals surface area contributed by atoms with Gasteiger partial charge in [0.2, 0.25) is 0 Å². The molecule has 0 bridgehead atoms. The first-order chi connectivity index (χ1) is 14.6. The number of hydrogen-bond acceptors (Lipinski definition) is 4. The summed E-state index contributed by atoms with van der Waals surface area (Å²) in [7, 11) is 0. The first-order valence-corrected chi connectivity index (χ1v) is 10.8. The summed E-state index contributed by atoms with van der Waals surface area (Å²) < 4.78 is 18.6. The van der Waals surface area contributed by atoms with Crippen molar-refractivity contribution in [3.8, 4) is 0 Å². The topological polar surface area (TPSA) is 36.0 Å². The van der Waals surface area contributed by atoms with Crippen LogP contribution in [0.15, 0.2) is 42.5 Å². The number of piperazine rings is 1. The third kappa shape index (κ3) is 5.38. The minimum atomic E-state index is -0.324. The second kappa shape index (κ2) is 9.88. The number of morpholine rings is 1. The molecule has 2 aliphatic rings. The number of halogens is 2. The Balaban J connectivity index is 1.32. The summed E-state index contributed by atoms with van der Waals surface area (Å²) in [6, 6.07) is 12.5. The van der Waals surface area contributed by atoms with Gasteiger partial charge >= 0.3 is 0 Å². The average Bonchev–Trinajstić information content (AvgIpc) is 2.77. The Morgan fingerprint density at radius 3 is 2.40 bits per heavy atom. The Bertz CT molecular complexity index is 881. The normalized spacial score (nSPS) is 18.5. The maximum Gasteiger partial charge on any atom is 0.253 e. The quantitative estimate of drug-likeness (QED) is 0.728. The van der Waals surface area contributed by atoms with E-state index in [-0.39, 0.29) is 11.7 Å². The van der Waals surface area contributed by atoms with E-state index in [1.165, 1.54) is 12.1 Å². The molecular formula is C23H27ClFN3O2. The number of carbonyl (C=O) groups excluding carboxylic acids is 1. The largest absolute Gasteiger partial charge is 0.379 e. The van der Waals surface area contributed by atoms with Crippen LogP contribution < -0.4 is 0 Å². The average molecular weight is 432 g/mol. The molecule has 2 heterocycles. The number of amides is 1. The van der Waals surface area contributed by atoms with Crippen LogP contribution in [-0.4, -0.2) is 73.1 Å². The van der Waals surface area contributed by atoms with Gasteiger partial charge in [0.15, 0.2) is 0 Å². The molecule has 1 amide bonds. The molecule has 0 radical (unpaired) electrons. The van der Waals surface area contributed by atoms with Crippen LogP contribution in [0.25, 0.3) is 0 Å². The van der Waals surface area contributed by atoms with Gasteiger partial charge in [-0.3, -0.25) is 14.6 Å². The van der Waals surface area contributed by atoms with E-state index in [1.54, 1.807) is 6.07 Å². The molecule has 0 aliphatic carbocycles. The highest BCUT2D eigenvalue weighted by molar-refractivity contribution is 6.31. The van der Waals surface area contributed by atoms with E-state index < -0.39 is 0 Å². The van der Waals surface area contributed by atoms with Crippen LogP contribution in [0.3, 0.4) is 0 Å². The van der Waals surface area contributed by atoms with E-state index in [2.05, 4.69) is 15.9 Å². The van der Waals surface area contributed by atoms with Crippen LogP contribution >= 0.6 is 11.6 Å². The maximum absolute atomic E-state index is 13.2. The summed E-state index contributed by atoms with van der Waals surface area (Å²) in [6.07, 6.45) is 0. The Morgan fingerprint density at radius 1 is 0.933 bits per heavy atom. The summed E-state index contributed by atoms with van der Waals surface area (Å²) in [5.41, 5.74) is 2.82. The monoisotopic (exact) mass is 431 g/mol. The minimum Gasteiger partial charge on any atom is -0.379 e. The standard InChI is InChI=1S/C23H27ClFN3O2/c24-22-15-21(25)5-4-20(22)17-26-6-8-28(9-7-26)23(29)19-3-1-2-18(14-19)16-27-10-12-30-13-11-27/h1-5,14-15H,6-13,16-17H2. The van der Waals surface area contributed by atoms with Gasteiger partial charge in [0, 0.05) is 62.9 Å². The molecular weight excluding hydrogens is 405 g/mol. The lowest BCUT2D eigenvalue weighted by atomic mass is 10.1. The van der Waals surface area contributed by atoms with Gasteiger partial charge in [-0.25, -0.2) is 4.39 Å². The predicted octanol–water partition coefficient (Wildman–Crippen LogP) is 3.27. The number of hydrogen-bond donors (Lipinski definition) is 0. The Labute approximate surface area is 182 Å². The zero-order valence-corrected chi connectivity index (χ0v) is 17.8. The third-order valence-corrected chi connectivity index (χ3v) is 6.10. The fraction of sp³-hybridized carbons (Fsp3) is 0.435. The molecule has 2 fully saturated rings. The van der Waals surface area contributed by atoms with Crippen molar-refractivity contribution in [3.63, 3.8) is 0 Å². The molecule has 30 heavy (non-hydrogen) atoms. The summed E-state index contributed by atoms with van der Waals surface area (Å²) >= 11 is 6.15. The smallest absolute Gasteiger partial charge is 0.253 e. The highest BCUT2D eigenvalue weighted by atomic mass is 35.5. The molecule has 4 rings (SSSR count). The van der Waals surface area contributed by atoms with Gasteiger partial charge in [-0.15, -0.1) is 0 Å². The summed E-state index contributed by atoms with van der Waals surface area (Å²) in [5, 5.41) is 0.450. The van der Waals surface area contributed by atoms with Gasteiger partial charge in [0.25, 0.3) is 5.91 Å². The van der Waals surface area contributed by atoms with Gasteiger partial charge in [-0.1, -0.05) is 29.8 Å². The number of carbonyl (C=O) groups is 1. The molecule has 5 nitrogen and oxygen atoms in total. The molecule has 2 saturated heterocycles. The van der Waals surface area contributed by atoms with E-state index in [9.17, 15) is 9.18 Å². The zero-order chi connectivity index (χ0) is 20.9. The van der Waals surface area contributed by atoms with E-state index in [1.807, 2.05) is 23.1 Å². The van der Waals surface area contributed by atoms with Crippen LogP contribution in [0.4, 0.5) is 4.39 Å². The number of benzene rings is 2. The number of ether oxygens (including phenoxy) is 1. The van der Waals surface area contributed by atoms with Crippen LogP contribution in [-0.2, 0) is 17.8 Å². The zero-order valence-electron chi connectivity index (χ0n) is 17.0. The molecule has 0 unspecified atom stereocenters. The number of nitrogens with zero attached hydrogens (tertiary/aromatic N) is 3. The molecule has 7 heteroatoms. The van der Waals surface area contributed by atoms with Crippen molar-refractivity contribution in [2.75, 3.05) is 52.5 Å². The molecule has 2 aliphatic heterocycles. The Hall–Kier alpha value is -1.99. The molecule has 0 atom stereocenters. The Morgan fingerprint density at radius 2 is 1.67 bits per heavy atom. The van der Waals surface area contributed by atoms with E-state index in [0.29, 0.717) is 24.7 Å². The lowest BCUT2D eigenvalue weighted by molar-refractivity contribution is 0.0341. The molecule has 0 spiro atoms. The van der Waals surface area contributed by atoms with Crippen LogP contribution in [0.1, 0.15) is 21.5 Å². The van der Waals surface area contributed by atoms with Crippen molar-refractivity contribution < 1.29 is 13.9 Å². The molecule has 2 aromatic carbocycles. The first kappa shape index (κ1) is 21.2. The maximum atomic E-state index is 13.2. The summed E-state index contributed by atoms with van der Waals surface area (Å²) in [6.45, 7) is 7.79. The number of rotatable bonds is 5. The van der Waals surface area contributed by atoms with Crippen LogP contribution in [0.5, 0.6) is 0 Å². The lowest BCUT2D eigenvalue weighted by Gasteiger charge is -2.35. The van der Waals surface area contributed by atoms with Crippen molar-refractivity contribution >= 4 is 17.5 Å². The van der Waals surface area contributed by atoms with Crippen LogP contribution in [0.2, 0.25) is 5.02 Å². The van der Waals surface area contributed by atoms with Gasteiger partial charge in [-0.2, -0.15) is 0 Å². The van der Waals surface area contributed by atoms with Gasteiger partial charge < -0.3 is 9.64 Å². The molecule has 160 valence electrons. The van der Waals surface area contributed by atoms with Crippen molar-refractivity contribution in [2.24, 2.45) is 0 Å². The van der Waals surface area contributed by atoms with Crippen molar-refractivity contribution in [1.82, 2.24) is 14.7 Å².